The predicted octanol–water partition coefficient (Wildman–Crippen LogP) is 2.33. The molecule has 2 N–H and O–H groups in total. The van der Waals surface area contributed by atoms with E-state index in [9.17, 15) is 9.59 Å². The Morgan fingerprint density at radius 3 is 2.96 bits per heavy atom. The highest BCUT2D eigenvalue weighted by Crippen LogP contribution is 2.14. The first-order chi connectivity index (χ1) is 10.7. The van der Waals surface area contributed by atoms with Crippen molar-refractivity contribution in [3.8, 4) is 0 Å². The largest absolute Gasteiger partial charge is 0.422 e. The Morgan fingerprint density at radius 2 is 2.17 bits per heavy atom. The average Bonchev–Trinajstić information content (AvgIpc) is 2.55. The van der Waals surface area contributed by atoms with Crippen LogP contribution in [0.1, 0.15) is 29.6 Å². The quantitative estimate of drug-likeness (QED) is 0.841. The molecule has 0 spiro atoms. The summed E-state index contributed by atoms with van der Waals surface area (Å²) in [6.07, 6.45) is 3.31. The van der Waals surface area contributed by atoms with Gasteiger partial charge in [0.05, 0.1) is 0 Å². The van der Waals surface area contributed by atoms with Crippen LogP contribution in [0.5, 0.6) is 0 Å². The molecule has 1 amide bonds. The molecule has 2 heterocycles. The number of carbonyl (C=O) groups is 1. The molecule has 1 aromatic carbocycles. The number of para-hydroxylation sites is 1. The number of benzene rings is 1. The summed E-state index contributed by atoms with van der Waals surface area (Å²) in [5, 5.41) is 6.93. The van der Waals surface area contributed by atoms with Crippen LogP contribution >= 0.6 is 12.4 Å². The van der Waals surface area contributed by atoms with E-state index in [0.29, 0.717) is 18.0 Å². The van der Waals surface area contributed by atoms with Crippen molar-refractivity contribution in [3.63, 3.8) is 0 Å². The van der Waals surface area contributed by atoms with E-state index in [0.717, 1.165) is 24.9 Å². The van der Waals surface area contributed by atoms with Crippen LogP contribution in [0.15, 0.2) is 39.5 Å². The maximum atomic E-state index is 12.2. The smallest absolute Gasteiger partial charge is 0.349 e. The molecule has 1 atom stereocenters. The van der Waals surface area contributed by atoms with Gasteiger partial charge in [0, 0.05) is 11.9 Å². The van der Waals surface area contributed by atoms with Crippen LogP contribution in [0, 0.1) is 5.92 Å². The highest BCUT2D eigenvalue weighted by atomic mass is 35.5. The van der Waals surface area contributed by atoms with Crippen LogP contribution in [0.25, 0.3) is 11.0 Å². The molecule has 1 aliphatic rings. The number of fused-ring (bicyclic) bond motifs is 1. The van der Waals surface area contributed by atoms with Gasteiger partial charge < -0.3 is 15.1 Å². The number of piperidine rings is 1. The molecule has 124 valence electrons. The van der Waals surface area contributed by atoms with E-state index in [-0.39, 0.29) is 23.9 Å². The zero-order valence-corrected chi connectivity index (χ0v) is 13.7. The highest BCUT2D eigenvalue weighted by Gasteiger charge is 2.15. The minimum atomic E-state index is -0.587. The van der Waals surface area contributed by atoms with E-state index in [4.69, 9.17) is 4.42 Å². The van der Waals surface area contributed by atoms with E-state index in [1.165, 1.54) is 12.8 Å². The summed E-state index contributed by atoms with van der Waals surface area (Å²) in [5.74, 6) is 0.241. The van der Waals surface area contributed by atoms with Crippen LogP contribution < -0.4 is 16.3 Å². The number of hydrogen-bond acceptors (Lipinski definition) is 4. The van der Waals surface area contributed by atoms with Gasteiger partial charge in [0.25, 0.3) is 5.91 Å². The molecule has 23 heavy (non-hydrogen) atoms. The van der Waals surface area contributed by atoms with Gasteiger partial charge in [0.1, 0.15) is 11.1 Å². The second kappa shape index (κ2) is 8.13. The Bertz CT molecular complexity index is 723. The standard InChI is InChI=1S/C17H20N2O3.ClH/c20-16(19-9-7-12-4-3-8-18-11-12)14-10-13-5-1-2-6-15(13)22-17(14)21;/h1-2,5-6,10,12,18H,3-4,7-9,11H2,(H,19,20);1H. The lowest BCUT2D eigenvalue weighted by atomic mass is 9.96. The lowest BCUT2D eigenvalue weighted by Gasteiger charge is -2.22. The molecule has 0 bridgehead atoms. The van der Waals surface area contributed by atoms with Crippen LogP contribution in [0.3, 0.4) is 0 Å². The van der Waals surface area contributed by atoms with Gasteiger partial charge in [-0.1, -0.05) is 18.2 Å². The Labute approximate surface area is 140 Å². The van der Waals surface area contributed by atoms with Gasteiger partial charge in [-0.2, -0.15) is 0 Å². The maximum Gasteiger partial charge on any atom is 0.349 e. The zero-order valence-electron chi connectivity index (χ0n) is 12.8. The maximum absolute atomic E-state index is 12.2. The first-order valence-corrected chi connectivity index (χ1v) is 7.76. The Morgan fingerprint density at radius 1 is 1.35 bits per heavy atom. The first kappa shape index (κ1) is 17.5. The number of halogens is 1. The average molecular weight is 337 g/mol. The molecule has 2 aromatic rings. The summed E-state index contributed by atoms with van der Waals surface area (Å²) in [6.45, 7) is 2.67. The van der Waals surface area contributed by atoms with Gasteiger partial charge in [-0.05, 0) is 50.4 Å². The van der Waals surface area contributed by atoms with Crippen molar-refractivity contribution < 1.29 is 9.21 Å². The summed E-state index contributed by atoms with van der Waals surface area (Å²) >= 11 is 0. The fourth-order valence-corrected chi connectivity index (χ4v) is 2.88. The van der Waals surface area contributed by atoms with E-state index >= 15 is 0 Å². The van der Waals surface area contributed by atoms with Crippen molar-refractivity contribution in [2.45, 2.75) is 19.3 Å². The molecule has 0 aliphatic carbocycles. The molecule has 1 aliphatic heterocycles. The Kier molecular flexibility index (Phi) is 6.19. The van der Waals surface area contributed by atoms with Crippen LogP contribution in [0.4, 0.5) is 0 Å². The summed E-state index contributed by atoms with van der Waals surface area (Å²) in [5.41, 5.74) is -0.0201. The third-order valence-electron chi connectivity index (χ3n) is 4.12. The lowest BCUT2D eigenvalue weighted by Crippen LogP contribution is -2.34. The predicted molar refractivity (Wildman–Crippen MR) is 92.3 cm³/mol. The van der Waals surface area contributed by atoms with E-state index < -0.39 is 5.63 Å². The molecule has 6 heteroatoms. The van der Waals surface area contributed by atoms with Gasteiger partial charge in [0.15, 0.2) is 0 Å². The molecule has 1 saturated heterocycles. The normalized spacial score (nSPS) is 17.5. The van der Waals surface area contributed by atoms with Gasteiger partial charge in [0.2, 0.25) is 0 Å². The van der Waals surface area contributed by atoms with Crippen molar-refractivity contribution in [1.82, 2.24) is 10.6 Å². The first-order valence-electron chi connectivity index (χ1n) is 7.76. The lowest BCUT2D eigenvalue weighted by molar-refractivity contribution is 0.0947. The van der Waals surface area contributed by atoms with Crippen LogP contribution in [-0.4, -0.2) is 25.5 Å². The van der Waals surface area contributed by atoms with Gasteiger partial charge >= 0.3 is 5.63 Å². The monoisotopic (exact) mass is 336 g/mol. The van der Waals surface area contributed by atoms with Gasteiger partial charge in [-0.3, -0.25) is 4.79 Å². The molecule has 0 radical (unpaired) electrons. The van der Waals surface area contributed by atoms with Crippen molar-refractivity contribution in [2.75, 3.05) is 19.6 Å². The molecule has 5 nitrogen and oxygen atoms in total. The summed E-state index contributed by atoms with van der Waals surface area (Å²) in [4.78, 5) is 24.1. The van der Waals surface area contributed by atoms with Crippen molar-refractivity contribution >= 4 is 29.3 Å². The van der Waals surface area contributed by atoms with Crippen LogP contribution in [0.2, 0.25) is 0 Å². The molecule has 3 rings (SSSR count). The minimum absolute atomic E-state index is 0. The van der Waals surface area contributed by atoms with E-state index in [1.54, 1.807) is 18.2 Å². The fraction of sp³-hybridized carbons (Fsp3) is 0.412. The second-order valence-corrected chi connectivity index (χ2v) is 5.74. The zero-order chi connectivity index (χ0) is 15.4. The topological polar surface area (TPSA) is 71.3 Å². The summed E-state index contributed by atoms with van der Waals surface area (Å²) in [7, 11) is 0. The van der Waals surface area contributed by atoms with Crippen molar-refractivity contribution in [2.24, 2.45) is 5.92 Å². The van der Waals surface area contributed by atoms with E-state index in [2.05, 4.69) is 10.6 Å². The fourth-order valence-electron chi connectivity index (χ4n) is 2.88. The molecule has 1 fully saturated rings. The number of carbonyl (C=O) groups excluding carboxylic acids is 1. The van der Waals surface area contributed by atoms with Gasteiger partial charge in [-0.15, -0.1) is 12.4 Å². The second-order valence-electron chi connectivity index (χ2n) is 5.74. The third kappa shape index (κ3) is 4.33. The minimum Gasteiger partial charge on any atom is -0.422 e. The third-order valence-corrected chi connectivity index (χ3v) is 4.12. The van der Waals surface area contributed by atoms with Gasteiger partial charge in [-0.25, -0.2) is 4.79 Å². The van der Waals surface area contributed by atoms with E-state index in [1.807, 2.05) is 12.1 Å². The van der Waals surface area contributed by atoms with Crippen LogP contribution in [-0.2, 0) is 0 Å². The molecule has 1 unspecified atom stereocenters. The highest BCUT2D eigenvalue weighted by molar-refractivity contribution is 5.96. The number of nitrogens with one attached hydrogen (secondary N) is 2. The molecule has 1 aromatic heterocycles. The number of amides is 1. The SMILES string of the molecule is Cl.O=C(NCCC1CCCNC1)c1cc2ccccc2oc1=O. The summed E-state index contributed by atoms with van der Waals surface area (Å²) < 4.78 is 5.18. The van der Waals surface area contributed by atoms with Crippen molar-refractivity contribution in [1.29, 1.82) is 0 Å². The molecule has 0 saturated carbocycles. The van der Waals surface area contributed by atoms with Crippen molar-refractivity contribution in [3.05, 3.63) is 46.3 Å². The molecular weight excluding hydrogens is 316 g/mol. The summed E-state index contributed by atoms with van der Waals surface area (Å²) in [6, 6.07) is 8.78. The Balaban J connectivity index is 0.00000192. The molecular formula is C17H21ClN2O3. The number of rotatable bonds is 4. The number of hydrogen-bond donors (Lipinski definition) is 2. The Hall–Kier alpha value is -1.85.